The van der Waals surface area contributed by atoms with E-state index < -0.39 is 0 Å². The van der Waals surface area contributed by atoms with Crippen molar-refractivity contribution in [3.8, 4) is 12.8 Å². The molecule has 0 aliphatic rings. The van der Waals surface area contributed by atoms with Crippen molar-refractivity contribution in [1.29, 1.82) is 0 Å². The SMILES string of the molecule is C#C.C=C.[Li]. The molecule has 0 amide bonds. The second-order valence-electron chi connectivity index (χ2n) is 0. The van der Waals surface area contributed by atoms with Crippen LogP contribution in [0.5, 0.6) is 0 Å². The molecule has 0 unspecified atom stereocenters. The molecule has 0 atom stereocenters. The summed E-state index contributed by atoms with van der Waals surface area (Å²) in [4.78, 5) is 0. The molecule has 0 saturated heterocycles. The number of terminal acetylenes is 1. The van der Waals surface area contributed by atoms with Crippen molar-refractivity contribution >= 4 is 18.9 Å². The van der Waals surface area contributed by atoms with E-state index >= 15 is 0 Å². The minimum absolute atomic E-state index is 0. The summed E-state index contributed by atoms with van der Waals surface area (Å²) in [5.74, 6) is 0. The number of hydrogen-bond donors (Lipinski definition) is 0. The fourth-order valence-corrected chi connectivity index (χ4v) is 0. The molecule has 0 saturated carbocycles. The standard InChI is InChI=1S/C2H4.C2H2.Li/c2*1-2;/h1-2H2;1-2H;. The molecular formula is C4H6Li. The van der Waals surface area contributed by atoms with Gasteiger partial charge in [-0.05, 0) is 0 Å². The van der Waals surface area contributed by atoms with Crippen molar-refractivity contribution in [3.05, 3.63) is 13.2 Å². The molecule has 0 aliphatic heterocycles. The Balaban J connectivity index is -0.0000000133. The molecule has 0 aliphatic carbocycles. The third-order valence-corrected chi connectivity index (χ3v) is 0. The first kappa shape index (κ1) is 20.7. The number of hydrogen-bond acceptors (Lipinski definition) is 0. The van der Waals surface area contributed by atoms with Crippen LogP contribution in [0.2, 0.25) is 0 Å². The van der Waals surface area contributed by atoms with Gasteiger partial charge in [-0.25, -0.2) is 0 Å². The van der Waals surface area contributed by atoms with Gasteiger partial charge in [-0.3, -0.25) is 0 Å². The second kappa shape index (κ2) is 3110. The van der Waals surface area contributed by atoms with Gasteiger partial charge in [-0.15, -0.1) is 26.0 Å². The fraction of sp³-hybridized carbons (Fsp3) is 0. The van der Waals surface area contributed by atoms with E-state index in [4.69, 9.17) is 0 Å². The molecule has 1 radical (unpaired) electrons. The molecule has 0 aromatic carbocycles. The zero-order valence-corrected chi connectivity index (χ0v) is 3.57. The van der Waals surface area contributed by atoms with Crippen LogP contribution < -0.4 is 0 Å². The van der Waals surface area contributed by atoms with Gasteiger partial charge in [0.2, 0.25) is 0 Å². The molecule has 0 rings (SSSR count). The molecule has 0 nitrogen and oxygen atoms in total. The van der Waals surface area contributed by atoms with Crippen LogP contribution >= 0.6 is 0 Å². The van der Waals surface area contributed by atoms with Gasteiger partial charge in [0.15, 0.2) is 0 Å². The molecule has 0 N–H and O–H groups in total. The Labute approximate surface area is 45.4 Å². The monoisotopic (exact) mass is 61.1 g/mol. The van der Waals surface area contributed by atoms with E-state index in [1.807, 2.05) is 0 Å². The van der Waals surface area contributed by atoms with E-state index in [0.717, 1.165) is 0 Å². The first-order valence-corrected chi connectivity index (χ1v) is 0.833. The van der Waals surface area contributed by atoms with E-state index in [1.54, 1.807) is 0 Å². The Morgan fingerprint density at radius 3 is 1.00 bits per heavy atom. The van der Waals surface area contributed by atoms with Crippen LogP contribution in [0.15, 0.2) is 13.2 Å². The van der Waals surface area contributed by atoms with Crippen molar-refractivity contribution in [2.45, 2.75) is 0 Å². The van der Waals surface area contributed by atoms with Crippen LogP contribution in [0.4, 0.5) is 0 Å². The minimum atomic E-state index is 0. The summed E-state index contributed by atoms with van der Waals surface area (Å²) >= 11 is 0. The van der Waals surface area contributed by atoms with Crippen LogP contribution in [-0.2, 0) is 0 Å². The van der Waals surface area contributed by atoms with E-state index in [1.165, 1.54) is 0 Å². The van der Waals surface area contributed by atoms with Gasteiger partial charge in [0, 0.05) is 18.9 Å². The van der Waals surface area contributed by atoms with Crippen molar-refractivity contribution < 1.29 is 0 Å². The second-order valence-corrected chi connectivity index (χ2v) is 0. The minimum Gasteiger partial charge on any atom is -0.124 e. The predicted molar refractivity (Wildman–Crippen MR) is 26.9 cm³/mol. The maximum absolute atomic E-state index is 4.00. The molecule has 0 aromatic heterocycles. The summed E-state index contributed by atoms with van der Waals surface area (Å²) in [5, 5.41) is 0. The number of rotatable bonds is 0. The first-order chi connectivity index (χ1) is 2.00. The van der Waals surface area contributed by atoms with Crippen molar-refractivity contribution in [3.63, 3.8) is 0 Å². The topological polar surface area (TPSA) is 0 Å². The van der Waals surface area contributed by atoms with Crippen LogP contribution in [0, 0.1) is 12.8 Å². The van der Waals surface area contributed by atoms with Gasteiger partial charge >= 0.3 is 0 Å². The Morgan fingerprint density at radius 2 is 1.00 bits per heavy atom. The molecule has 5 heavy (non-hydrogen) atoms. The van der Waals surface area contributed by atoms with Crippen LogP contribution in [0.25, 0.3) is 0 Å². The summed E-state index contributed by atoms with van der Waals surface area (Å²) in [5.41, 5.74) is 0. The van der Waals surface area contributed by atoms with Crippen LogP contribution in [0.3, 0.4) is 0 Å². The molecule has 0 bridgehead atoms. The largest absolute Gasteiger partial charge is 0.124 e. The summed E-state index contributed by atoms with van der Waals surface area (Å²) in [6.07, 6.45) is 8.00. The predicted octanol–water partition coefficient (Wildman–Crippen LogP) is 0.671. The Kier molecular flexibility index (Phi) is 12800. The summed E-state index contributed by atoms with van der Waals surface area (Å²) in [6.45, 7) is 6.00. The first-order valence-electron chi connectivity index (χ1n) is 0.833. The smallest absolute Gasteiger partial charge is 0 e. The van der Waals surface area contributed by atoms with E-state index in [-0.39, 0.29) is 18.9 Å². The van der Waals surface area contributed by atoms with Crippen molar-refractivity contribution in [1.82, 2.24) is 0 Å². The maximum Gasteiger partial charge on any atom is 0 e. The van der Waals surface area contributed by atoms with E-state index in [2.05, 4.69) is 26.0 Å². The third-order valence-electron chi connectivity index (χ3n) is 0. The summed E-state index contributed by atoms with van der Waals surface area (Å²) in [6, 6.07) is 0. The summed E-state index contributed by atoms with van der Waals surface area (Å²) in [7, 11) is 0. The van der Waals surface area contributed by atoms with Gasteiger partial charge in [0.05, 0.1) is 0 Å². The summed E-state index contributed by atoms with van der Waals surface area (Å²) < 4.78 is 0. The molecular weight excluding hydrogens is 55.0 g/mol. The Bertz CT molecular complexity index is 14.9. The molecule has 0 fully saturated rings. The van der Waals surface area contributed by atoms with E-state index in [9.17, 15) is 0 Å². The average molecular weight is 61.0 g/mol. The molecule has 23 valence electrons. The Morgan fingerprint density at radius 1 is 1.00 bits per heavy atom. The van der Waals surface area contributed by atoms with Gasteiger partial charge in [-0.1, -0.05) is 0 Å². The van der Waals surface area contributed by atoms with Gasteiger partial charge in [-0.2, -0.15) is 0 Å². The van der Waals surface area contributed by atoms with Crippen LogP contribution in [0.1, 0.15) is 0 Å². The fourth-order valence-electron chi connectivity index (χ4n) is 0. The molecule has 0 aromatic rings. The van der Waals surface area contributed by atoms with Crippen LogP contribution in [-0.4, -0.2) is 18.9 Å². The molecule has 0 spiro atoms. The zero-order valence-electron chi connectivity index (χ0n) is 3.57. The van der Waals surface area contributed by atoms with Gasteiger partial charge < -0.3 is 0 Å². The Hall–Kier alpha value is -0.103. The molecule has 1 heteroatoms. The average Bonchev–Trinajstić information content (AvgIpc) is 1.50. The van der Waals surface area contributed by atoms with Gasteiger partial charge in [0.25, 0.3) is 0 Å². The van der Waals surface area contributed by atoms with E-state index in [0.29, 0.717) is 0 Å². The third kappa shape index (κ3) is 1330. The van der Waals surface area contributed by atoms with Gasteiger partial charge in [0.1, 0.15) is 0 Å². The van der Waals surface area contributed by atoms with Crippen molar-refractivity contribution in [2.75, 3.05) is 0 Å². The molecule has 0 heterocycles. The zero-order chi connectivity index (χ0) is 4.00. The normalized spacial score (nSPS) is 1.20. The van der Waals surface area contributed by atoms with Crippen molar-refractivity contribution in [2.24, 2.45) is 0 Å². The quantitative estimate of drug-likeness (QED) is 0.219. The maximum atomic E-state index is 4.00.